The van der Waals surface area contributed by atoms with Crippen LogP contribution in [-0.4, -0.2) is 48.3 Å². The first-order valence-corrected chi connectivity index (χ1v) is 11.5. The van der Waals surface area contributed by atoms with Gasteiger partial charge in [-0.15, -0.1) is 5.06 Å². The van der Waals surface area contributed by atoms with E-state index in [1.54, 1.807) is 17.9 Å². The molecular formula is C25H23N7O2. The Kier molecular flexibility index (Phi) is 4.08. The summed E-state index contributed by atoms with van der Waals surface area (Å²) in [5.41, 5.74) is 3.46. The lowest BCUT2D eigenvalue weighted by molar-refractivity contribution is -0.0671. The van der Waals surface area contributed by atoms with E-state index >= 15 is 0 Å². The normalized spacial score (nSPS) is 25.9. The van der Waals surface area contributed by atoms with E-state index in [1.807, 2.05) is 30.6 Å². The van der Waals surface area contributed by atoms with E-state index in [1.165, 1.54) is 32.8 Å². The third-order valence-electron chi connectivity index (χ3n) is 7.40. The number of allylic oxidation sites excluding steroid dienone is 2. The van der Waals surface area contributed by atoms with Gasteiger partial charge in [-0.05, 0) is 46.9 Å². The van der Waals surface area contributed by atoms with Crippen LogP contribution in [0.1, 0.15) is 12.0 Å². The lowest BCUT2D eigenvalue weighted by Gasteiger charge is -2.17. The molecule has 4 aromatic rings. The Morgan fingerprint density at radius 3 is 2.85 bits per heavy atom. The van der Waals surface area contributed by atoms with Crippen LogP contribution in [0.4, 0.5) is 0 Å². The summed E-state index contributed by atoms with van der Waals surface area (Å²) in [5.74, 6) is 2.06. The molecule has 170 valence electrons. The van der Waals surface area contributed by atoms with Gasteiger partial charge in [-0.3, -0.25) is 14.3 Å². The second-order valence-corrected chi connectivity index (χ2v) is 9.43. The van der Waals surface area contributed by atoms with Gasteiger partial charge in [0.05, 0.1) is 6.33 Å². The molecule has 0 N–H and O–H groups in total. The first-order chi connectivity index (χ1) is 16.6. The molecule has 34 heavy (non-hydrogen) atoms. The number of imidazole rings is 1. The van der Waals surface area contributed by atoms with Crippen molar-refractivity contribution in [2.75, 3.05) is 7.05 Å². The molecule has 1 unspecified atom stereocenters. The Morgan fingerprint density at radius 2 is 2.00 bits per heavy atom. The molecule has 1 aromatic carbocycles. The SMILES string of the molecule is CN1OC(Cn2cnc3ncn(C)c3c2=O)=NC1[C@H]1[C@@H]2C=C(c3ccc4ccncc4c3)C[C@@H]21. The van der Waals surface area contributed by atoms with Gasteiger partial charge in [-0.2, -0.15) is 0 Å². The van der Waals surface area contributed by atoms with Crippen LogP contribution in [0.2, 0.25) is 0 Å². The predicted molar refractivity (Wildman–Crippen MR) is 128 cm³/mol. The van der Waals surface area contributed by atoms with E-state index in [0.29, 0.717) is 34.8 Å². The first-order valence-electron chi connectivity index (χ1n) is 11.5. The lowest BCUT2D eigenvalue weighted by Crippen LogP contribution is -2.29. The highest BCUT2D eigenvalue weighted by Crippen LogP contribution is 2.60. The Hall–Kier alpha value is -3.85. The summed E-state index contributed by atoms with van der Waals surface area (Å²) in [5, 5.41) is 4.21. The number of aliphatic imine (C=N–C) groups is 1. The van der Waals surface area contributed by atoms with E-state index in [0.717, 1.165) is 6.42 Å². The van der Waals surface area contributed by atoms with Gasteiger partial charge in [-0.25, -0.2) is 15.0 Å². The molecule has 9 heteroatoms. The summed E-state index contributed by atoms with van der Waals surface area (Å²) in [6.07, 6.45) is 10.3. The van der Waals surface area contributed by atoms with Crippen LogP contribution in [0.3, 0.4) is 0 Å². The second-order valence-electron chi connectivity index (χ2n) is 9.43. The predicted octanol–water partition coefficient (Wildman–Crippen LogP) is 2.63. The van der Waals surface area contributed by atoms with E-state index in [4.69, 9.17) is 9.83 Å². The van der Waals surface area contributed by atoms with Crippen LogP contribution in [-0.2, 0) is 18.4 Å². The maximum Gasteiger partial charge on any atom is 0.280 e. The average molecular weight is 454 g/mol. The van der Waals surface area contributed by atoms with Crippen LogP contribution < -0.4 is 5.56 Å². The molecule has 7 rings (SSSR count). The Labute approximate surface area is 195 Å². The van der Waals surface area contributed by atoms with Crippen molar-refractivity contribution in [1.82, 2.24) is 29.1 Å². The molecule has 0 spiro atoms. The van der Waals surface area contributed by atoms with Gasteiger partial charge in [0.25, 0.3) is 5.56 Å². The topological polar surface area (TPSA) is 90.4 Å². The third-order valence-corrected chi connectivity index (χ3v) is 7.40. The molecule has 3 aromatic heterocycles. The zero-order valence-corrected chi connectivity index (χ0v) is 18.9. The maximum atomic E-state index is 12.8. The molecule has 0 bridgehead atoms. The summed E-state index contributed by atoms with van der Waals surface area (Å²) in [6, 6.07) is 8.66. The molecule has 4 atom stereocenters. The molecule has 0 saturated heterocycles. The molecule has 3 aliphatic rings. The van der Waals surface area contributed by atoms with Gasteiger partial charge in [0.1, 0.15) is 19.0 Å². The second kappa shape index (κ2) is 7.07. The number of nitrogens with zero attached hydrogens (tertiary/aromatic N) is 7. The van der Waals surface area contributed by atoms with Crippen molar-refractivity contribution in [2.45, 2.75) is 19.1 Å². The molecular weight excluding hydrogens is 430 g/mol. The monoisotopic (exact) mass is 453 g/mol. The third kappa shape index (κ3) is 2.93. The number of benzene rings is 1. The quantitative estimate of drug-likeness (QED) is 0.472. The van der Waals surface area contributed by atoms with Crippen molar-refractivity contribution in [3.63, 3.8) is 0 Å². The number of pyridine rings is 1. The zero-order chi connectivity index (χ0) is 23.0. The molecule has 9 nitrogen and oxygen atoms in total. The minimum Gasteiger partial charge on any atom is -0.387 e. The van der Waals surface area contributed by atoms with Crippen molar-refractivity contribution in [3.8, 4) is 0 Å². The van der Waals surface area contributed by atoms with Crippen molar-refractivity contribution in [3.05, 3.63) is 71.3 Å². The summed E-state index contributed by atoms with van der Waals surface area (Å²) in [4.78, 5) is 36.3. The molecule has 0 amide bonds. The molecule has 4 heterocycles. The highest BCUT2D eigenvalue weighted by atomic mass is 16.7. The van der Waals surface area contributed by atoms with Gasteiger partial charge in [0, 0.05) is 37.8 Å². The minimum atomic E-state index is -0.149. The van der Waals surface area contributed by atoms with Gasteiger partial charge >= 0.3 is 0 Å². The van der Waals surface area contributed by atoms with E-state index in [9.17, 15) is 4.79 Å². The van der Waals surface area contributed by atoms with Crippen LogP contribution in [0.25, 0.3) is 27.5 Å². The van der Waals surface area contributed by atoms with Crippen molar-refractivity contribution >= 4 is 33.4 Å². The van der Waals surface area contributed by atoms with Crippen molar-refractivity contribution in [2.24, 2.45) is 29.8 Å². The lowest BCUT2D eigenvalue weighted by atomic mass is 9.98. The Bertz CT molecular complexity index is 1580. The molecule has 1 saturated carbocycles. The molecule has 0 radical (unpaired) electrons. The van der Waals surface area contributed by atoms with Gasteiger partial charge in [0.2, 0.25) is 5.90 Å². The fourth-order valence-electron chi connectivity index (χ4n) is 5.61. The average Bonchev–Trinajstić information content (AvgIpc) is 3.19. The fraction of sp³-hybridized carbons (Fsp3) is 0.320. The fourth-order valence-corrected chi connectivity index (χ4v) is 5.61. The summed E-state index contributed by atoms with van der Waals surface area (Å²) in [7, 11) is 3.71. The van der Waals surface area contributed by atoms with Crippen molar-refractivity contribution < 1.29 is 4.84 Å². The van der Waals surface area contributed by atoms with Crippen LogP contribution >= 0.6 is 0 Å². The highest BCUT2D eigenvalue weighted by molar-refractivity contribution is 5.86. The Balaban J connectivity index is 1.10. The van der Waals surface area contributed by atoms with Gasteiger partial charge in [0.15, 0.2) is 11.2 Å². The number of aromatic nitrogens is 5. The van der Waals surface area contributed by atoms with Crippen LogP contribution in [0.15, 0.2) is 65.2 Å². The minimum absolute atomic E-state index is 0.0345. The highest BCUT2D eigenvalue weighted by Gasteiger charge is 2.58. The van der Waals surface area contributed by atoms with Crippen molar-refractivity contribution in [1.29, 1.82) is 0 Å². The molecule has 2 aliphatic carbocycles. The number of fused-ring (bicyclic) bond motifs is 3. The molecule has 1 fully saturated rings. The van der Waals surface area contributed by atoms with Crippen LogP contribution in [0.5, 0.6) is 0 Å². The van der Waals surface area contributed by atoms with Gasteiger partial charge < -0.3 is 9.40 Å². The summed E-state index contributed by atoms with van der Waals surface area (Å²) < 4.78 is 3.22. The number of hydrogen-bond acceptors (Lipinski definition) is 7. The summed E-state index contributed by atoms with van der Waals surface area (Å²) >= 11 is 0. The number of rotatable bonds is 4. The van der Waals surface area contributed by atoms with Gasteiger partial charge in [-0.1, -0.05) is 18.2 Å². The van der Waals surface area contributed by atoms with Crippen LogP contribution in [0, 0.1) is 17.8 Å². The number of aryl methyl sites for hydroxylation is 1. The smallest absolute Gasteiger partial charge is 0.280 e. The largest absolute Gasteiger partial charge is 0.387 e. The van der Waals surface area contributed by atoms with E-state index in [-0.39, 0.29) is 18.3 Å². The standard InChI is InChI=1S/C25H23N7O2/c1-30-12-27-23-22(30)25(33)32(13-28-23)11-20-29-24(31(2)34-20)21-18-8-16(9-19(18)21)15-4-3-14-5-6-26-10-17(14)7-15/h3-8,10,12-13,18-19,21,24H,9,11H2,1-2H3/t18-,19+,21+,24?/m1/s1. The first kappa shape index (κ1) is 19.6. The maximum absolute atomic E-state index is 12.8. The number of hydrogen-bond donors (Lipinski definition) is 0. The van der Waals surface area contributed by atoms with E-state index < -0.39 is 0 Å². The van der Waals surface area contributed by atoms with E-state index in [2.05, 4.69) is 39.2 Å². The summed E-state index contributed by atoms with van der Waals surface area (Å²) in [6.45, 7) is 0.252. The number of hydroxylamine groups is 2. The molecule has 1 aliphatic heterocycles. The zero-order valence-electron chi connectivity index (χ0n) is 18.9. The Morgan fingerprint density at radius 1 is 1.12 bits per heavy atom.